The van der Waals surface area contributed by atoms with Crippen LogP contribution in [0.4, 0.5) is 4.79 Å². The van der Waals surface area contributed by atoms with Gasteiger partial charge in [0, 0.05) is 6.42 Å². The predicted molar refractivity (Wildman–Crippen MR) is 62.3 cm³/mol. The van der Waals surface area contributed by atoms with Crippen molar-refractivity contribution in [2.24, 2.45) is 0 Å². The molecule has 1 heterocycles. The summed E-state index contributed by atoms with van der Waals surface area (Å²) >= 11 is 0. The van der Waals surface area contributed by atoms with Crippen LogP contribution in [-0.4, -0.2) is 6.16 Å². The molecule has 3 rings (SSSR count). The molecule has 3 nitrogen and oxygen atoms in total. The summed E-state index contributed by atoms with van der Waals surface area (Å²) in [5.74, 6) is 1.12. The summed E-state index contributed by atoms with van der Waals surface area (Å²) in [4.78, 5) is 11.5. The minimum Gasteiger partial charge on any atom is -0.394 e. The normalized spacial score (nSPS) is 13.5. The van der Waals surface area contributed by atoms with Gasteiger partial charge < -0.3 is 9.47 Å². The molecule has 84 valence electrons. The lowest BCUT2D eigenvalue weighted by Crippen LogP contribution is -2.17. The van der Waals surface area contributed by atoms with Crippen LogP contribution in [0.5, 0.6) is 11.5 Å². The van der Waals surface area contributed by atoms with E-state index in [1.807, 2.05) is 36.4 Å². The van der Waals surface area contributed by atoms with Crippen molar-refractivity contribution in [2.75, 3.05) is 0 Å². The summed E-state index contributed by atoms with van der Waals surface area (Å²) in [7, 11) is 0. The van der Waals surface area contributed by atoms with Gasteiger partial charge in [-0.05, 0) is 23.3 Å². The monoisotopic (exact) mass is 226 g/mol. The number of rotatable bonds is 0. The number of fused-ring (bicyclic) bond motifs is 2. The molecule has 0 aromatic heterocycles. The van der Waals surface area contributed by atoms with E-state index in [0.29, 0.717) is 17.9 Å². The molecule has 0 fully saturated rings. The van der Waals surface area contributed by atoms with Crippen molar-refractivity contribution in [3.05, 3.63) is 59.7 Å². The zero-order valence-corrected chi connectivity index (χ0v) is 9.05. The van der Waals surface area contributed by atoms with Gasteiger partial charge in [0.05, 0.1) is 0 Å². The van der Waals surface area contributed by atoms with E-state index >= 15 is 0 Å². The smallest absolute Gasteiger partial charge is 0.394 e. The van der Waals surface area contributed by atoms with Gasteiger partial charge in [-0.15, -0.1) is 0 Å². The molecular weight excluding hydrogens is 216 g/mol. The van der Waals surface area contributed by atoms with Crippen molar-refractivity contribution in [2.45, 2.75) is 6.42 Å². The number of hydrogen-bond acceptors (Lipinski definition) is 3. The van der Waals surface area contributed by atoms with E-state index in [1.54, 1.807) is 12.1 Å². The molecule has 0 bridgehead atoms. The van der Waals surface area contributed by atoms with Crippen LogP contribution in [0.1, 0.15) is 11.1 Å². The highest BCUT2D eigenvalue weighted by Gasteiger charge is 2.17. The Labute approximate surface area is 98.6 Å². The minimum atomic E-state index is -0.690. The van der Waals surface area contributed by atoms with Crippen LogP contribution in [-0.2, 0) is 6.42 Å². The molecule has 0 aliphatic carbocycles. The summed E-state index contributed by atoms with van der Waals surface area (Å²) in [5.41, 5.74) is 1.97. The summed E-state index contributed by atoms with van der Waals surface area (Å²) in [6.07, 6.45) is 0.00389. The number of carbonyl (C=O) groups excluding carboxylic acids is 1. The van der Waals surface area contributed by atoms with Crippen LogP contribution in [0.3, 0.4) is 0 Å². The van der Waals surface area contributed by atoms with Crippen LogP contribution in [0.25, 0.3) is 0 Å². The minimum absolute atomic E-state index is 0.562. The first-order chi connectivity index (χ1) is 8.33. The van der Waals surface area contributed by atoms with Gasteiger partial charge in [0.15, 0.2) is 0 Å². The Morgan fingerprint density at radius 1 is 0.765 bits per heavy atom. The van der Waals surface area contributed by atoms with Crippen LogP contribution < -0.4 is 9.47 Å². The number of hydrogen-bond donors (Lipinski definition) is 0. The Morgan fingerprint density at radius 2 is 1.24 bits per heavy atom. The van der Waals surface area contributed by atoms with Gasteiger partial charge in [0.25, 0.3) is 0 Å². The Hall–Kier alpha value is -2.29. The maximum atomic E-state index is 11.5. The fraction of sp³-hybridized carbons (Fsp3) is 0.0714. The third kappa shape index (κ3) is 1.87. The zero-order valence-electron chi connectivity index (χ0n) is 9.05. The van der Waals surface area contributed by atoms with Crippen molar-refractivity contribution >= 4 is 6.16 Å². The number of para-hydroxylation sites is 2. The van der Waals surface area contributed by atoms with E-state index in [2.05, 4.69) is 0 Å². The van der Waals surface area contributed by atoms with Gasteiger partial charge in [-0.2, -0.15) is 0 Å². The summed E-state index contributed by atoms with van der Waals surface area (Å²) < 4.78 is 10.3. The molecule has 17 heavy (non-hydrogen) atoms. The van der Waals surface area contributed by atoms with Crippen LogP contribution in [0.2, 0.25) is 0 Å². The first-order valence-corrected chi connectivity index (χ1v) is 5.38. The molecule has 0 unspecified atom stereocenters. The van der Waals surface area contributed by atoms with Crippen molar-refractivity contribution in [3.63, 3.8) is 0 Å². The molecular formula is C14H10O3. The highest BCUT2D eigenvalue weighted by molar-refractivity contribution is 5.69. The molecule has 0 N–H and O–H groups in total. The van der Waals surface area contributed by atoms with Crippen LogP contribution >= 0.6 is 0 Å². The van der Waals surface area contributed by atoms with Gasteiger partial charge in [-0.1, -0.05) is 36.4 Å². The quantitative estimate of drug-likeness (QED) is 0.511. The lowest BCUT2D eigenvalue weighted by atomic mass is 10.0. The predicted octanol–water partition coefficient (Wildman–Crippen LogP) is 3.17. The zero-order chi connectivity index (χ0) is 11.7. The average molecular weight is 226 g/mol. The Kier molecular flexibility index (Phi) is 2.29. The number of ether oxygens (including phenoxy) is 2. The average Bonchev–Trinajstić information content (AvgIpc) is 2.31. The Balaban J connectivity index is 2.12. The molecule has 1 aliphatic rings. The van der Waals surface area contributed by atoms with Crippen molar-refractivity contribution in [1.82, 2.24) is 0 Å². The fourth-order valence-corrected chi connectivity index (χ4v) is 1.90. The summed E-state index contributed by atoms with van der Waals surface area (Å²) in [5, 5.41) is 0. The van der Waals surface area contributed by atoms with Crippen molar-refractivity contribution < 1.29 is 14.3 Å². The SMILES string of the molecule is O=C1Oc2ccccc2Cc2ccccc2O1. The van der Waals surface area contributed by atoms with E-state index < -0.39 is 6.16 Å². The second kappa shape index (κ2) is 3.94. The van der Waals surface area contributed by atoms with Gasteiger partial charge in [0.1, 0.15) is 11.5 Å². The Bertz CT molecular complexity index is 526. The van der Waals surface area contributed by atoms with E-state index in [-0.39, 0.29) is 0 Å². The third-order valence-electron chi connectivity index (χ3n) is 2.71. The maximum absolute atomic E-state index is 11.5. The topological polar surface area (TPSA) is 35.5 Å². The number of carbonyl (C=O) groups is 1. The first-order valence-electron chi connectivity index (χ1n) is 5.38. The Morgan fingerprint density at radius 3 is 1.76 bits per heavy atom. The largest absolute Gasteiger partial charge is 0.519 e. The molecule has 1 aliphatic heterocycles. The van der Waals surface area contributed by atoms with E-state index in [9.17, 15) is 4.79 Å². The summed E-state index contributed by atoms with van der Waals surface area (Å²) in [6, 6.07) is 15.0. The molecule has 0 radical (unpaired) electrons. The molecule has 0 saturated heterocycles. The van der Waals surface area contributed by atoms with Crippen LogP contribution in [0, 0.1) is 0 Å². The molecule has 0 amide bonds. The molecule has 0 saturated carbocycles. The van der Waals surface area contributed by atoms with Crippen molar-refractivity contribution in [1.29, 1.82) is 0 Å². The third-order valence-corrected chi connectivity index (χ3v) is 2.71. The first kappa shape index (κ1) is 9.90. The van der Waals surface area contributed by atoms with Gasteiger partial charge in [-0.3, -0.25) is 0 Å². The molecule has 2 aromatic rings. The van der Waals surface area contributed by atoms with Gasteiger partial charge >= 0.3 is 6.16 Å². The lowest BCUT2D eigenvalue weighted by Gasteiger charge is -2.16. The number of benzene rings is 2. The standard InChI is InChI=1S/C14H10O3/c15-14-16-12-7-3-1-5-10(12)9-11-6-2-4-8-13(11)17-14/h1-8H,9H2. The van der Waals surface area contributed by atoms with Crippen molar-refractivity contribution in [3.8, 4) is 11.5 Å². The second-order valence-corrected chi connectivity index (χ2v) is 3.85. The molecule has 0 spiro atoms. The van der Waals surface area contributed by atoms with E-state index in [1.165, 1.54) is 0 Å². The highest BCUT2D eigenvalue weighted by atomic mass is 16.7. The van der Waals surface area contributed by atoms with E-state index in [0.717, 1.165) is 11.1 Å². The van der Waals surface area contributed by atoms with Gasteiger partial charge in [0.2, 0.25) is 0 Å². The molecule has 2 aromatic carbocycles. The maximum Gasteiger partial charge on any atom is 0.519 e. The van der Waals surface area contributed by atoms with E-state index in [4.69, 9.17) is 9.47 Å². The second-order valence-electron chi connectivity index (χ2n) is 3.85. The van der Waals surface area contributed by atoms with Crippen LogP contribution in [0.15, 0.2) is 48.5 Å². The van der Waals surface area contributed by atoms with Gasteiger partial charge in [-0.25, -0.2) is 4.79 Å². The molecule has 0 atom stereocenters. The lowest BCUT2D eigenvalue weighted by molar-refractivity contribution is 0.150. The molecule has 3 heteroatoms. The fourth-order valence-electron chi connectivity index (χ4n) is 1.90. The summed E-state index contributed by atoms with van der Waals surface area (Å²) in [6.45, 7) is 0. The highest BCUT2D eigenvalue weighted by Crippen LogP contribution is 2.29.